The maximum atomic E-state index is 11.9. The first-order chi connectivity index (χ1) is 14.8. The highest BCUT2D eigenvalue weighted by Crippen LogP contribution is 2.29. The number of aryl methyl sites for hydroxylation is 2. The Morgan fingerprint density at radius 2 is 1.32 bits per heavy atom. The van der Waals surface area contributed by atoms with E-state index in [4.69, 9.17) is 23.2 Å². The summed E-state index contributed by atoms with van der Waals surface area (Å²) >= 11 is 14.6. The van der Waals surface area contributed by atoms with E-state index < -0.39 is 11.8 Å². The van der Waals surface area contributed by atoms with Crippen molar-refractivity contribution >= 4 is 79.4 Å². The largest absolute Gasteiger partial charge is 0.463 e. The number of para-hydroxylation sites is 2. The van der Waals surface area contributed by atoms with Crippen LogP contribution >= 0.6 is 45.8 Å². The van der Waals surface area contributed by atoms with Gasteiger partial charge in [0.1, 0.15) is 0 Å². The second-order valence-electron chi connectivity index (χ2n) is 6.57. The predicted octanol–water partition coefficient (Wildman–Crippen LogP) is 6.35. The lowest BCUT2D eigenvalue weighted by Crippen LogP contribution is -2.18. The summed E-state index contributed by atoms with van der Waals surface area (Å²) in [5.41, 5.74) is 3.15. The molecule has 2 aromatic carbocycles. The van der Waals surface area contributed by atoms with Crippen molar-refractivity contribution < 1.29 is 14.3 Å². The molecule has 2 heterocycles. The van der Waals surface area contributed by atoms with E-state index in [1.807, 2.05) is 37.3 Å². The van der Waals surface area contributed by atoms with Crippen molar-refractivity contribution in [2.45, 2.75) is 13.8 Å². The van der Waals surface area contributed by atoms with Gasteiger partial charge in [0.15, 0.2) is 0 Å². The van der Waals surface area contributed by atoms with E-state index in [9.17, 15) is 9.59 Å². The van der Waals surface area contributed by atoms with Crippen LogP contribution in [0.4, 0.5) is 0 Å². The van der Waals surface area contributed by atoms with Crippen molar-refractivity contribution in [3.63, 3.8) is 0 Å². The first kappa shape index (κ1) is 23.4. The molecule has 0 fully saturated rings. The molecule has 0 radical (unpaired) electrons. The van der Waals surface area contributed by atoms with Crippen LogP contribution in [-0.2, 0) is 9.53 Å². The van der Waals surface area contributed by atoms with Crippen molar-refractivity contribution in [1.82, 2.24) is 9.97 Å². The van der Waals surface area contributed by atoms with E-state index >= 15 is 0 Å². The third-order valence-electron chi connectivity index (χ3n) is 4.55. The number of hydrogen-bond donors (Lipinski definition) is 0. The van der Waals surface area contributed by atoms with E-state index in [2.05, 4.69) is 37.3 Å². The number of carbonyl (C=O) groups excluding carboxylic acids is 2. The van der Waals surface area contributed by atoms with Gasteiger partial charge < -0.3 is 4.74 Å². The smallest absolute Gasteiger partial charge is 0.379 e. The lowest BCUT2D eigenvalue weighted by molar-refractivity contribution is -0.135. The van der Waals surface area contributed by atoms with E-state index in [0.717, 1.165) is 32.3 Å². The molecule has 0 amide bonds. The van der Waals surface area contributed by atoms with Gasteiger partial charge in [0.05, 0.1) is 48.7 Å². The summed E-state index contributed by atoms with van der Waals surface area (Å²) in [7, 11) is 1.15. The van der Waals surface area contributed by atoms with Gasteiger partial charge in [0.2, 0.25) is 0 Å². The third-order valence-corrected chi connectivity index (χ3v) is 6.97. The maximum absolute atomic E-state index is 11.9. The number of Topliss-reactive ketones (excluding diaryl/α,β-unsaturated/α-hetero) is 1. The minimum atomic E-state index is -0.947. The SMILES string of the molecule is COC(=O)C(=O)c1c(C)nc2ccccc2c1Cl.Cc1nc2ccccc2c(Cl)c1I. The van der Waals surface area contributed by atoms with E-state index in [1.165, 1.54) is 0 Å². The number of rotatable bonds is 2. The number of ether oxygens (including phenoxy) is 1. The summed E-state index contributed by atoms with van der Waals surface area (Å²) in [4.78, 5) is 31.9. The van der Waals surface area contributed by atoms with Crippen LogP contribution in [0.1, 0.15) is 21.7 Å². The van der Waals surface area contributed by atoms with Crippen LogP contribution < -0.4 is 0 Å². The summed E-state index contributed by atoms with van der Waals surface area (Å²) in [6, 6.07) is 15.1. The fourth-order valence-corrected chi connectivity index (χ4v) is 4.10. The van der Waals surface area contributed by atoms with Crippen LogP contribution in [-0.4, -0.2) is 28.8 Å². The molecule has 0 aliphatic heterocycles. The zero-order valence-electron chi connectivity index (χ0n) is 16.9. The molecule has 0 aliphatic carbocycles. The molecular formula is C23H17Cl2IN2O3. The molecule has 0 bridgehead atoms. The van der Waals surface area contributed by atoms with Crippen LogP contribution in [0.5, 0.6) is 0 Å². The second-order valence-corrected chi connectivity index (χ2v) is 8.40. The zero-order chi connectivity index (χ0) is 22.7. The van der Waals surface area contributed by atoms with Gasteiger partial charge in [-0.1, -0.05) is 59.6 Å². The fourth-order valence-electron chi connectivity index (χ4n) is 3.01. The highest BCUT2D eigenvalue weighted by atomic mass is 127. The number of carbonyl (C=O) groups is 2. The maximum Gasteiger partial charge on any atom is 0.379 e. The number of hydrogen-bond acceptors (Lipinski definition) is 5. The van der Waals surface area contributed by atoms with Crippen molar-refractivity contribution in [2.24, 2.45) is 0 Å². The van der Waals surface area contributed by atoms with Gasteiger partial charge in [-0.3, -0.25) is 14.8 Å². The molecule has 0 unspecified atom stereocenters. The molecule has 4 aromatic rings. The normalized spacial score (nSPS) is 10.5. The van der Waals surface area contributed by atoms with Crippen LogP contribution in [0.25, 0.3) is 21.8 Å². The number of halogens is 3. The standard InChI is InChI=1S/C13H10ClNO3.C10H7ClIN/c1-7-10(12(16)13(17)18-2)11(14)8-5-3-4-6-9(8)15-7;1-6-10(12)9(11)7-4-2-3-5-8(7)13-6/h3-6H,1-2H3;2-5H,1H3. The molecule has 2 aromatic heterocycles. The van der Waals surface area contributed by atoms with Gasteiger partial charge in [0.25, 0.3) is 5.78 Å². The van der Waals surface area contributed by atoms with Crippen LogP contribution in [0, 0.1) is 17.4 Å². The Hall–Kier alpha value is -2.29. The minimum absolute atomic E-state index is 0.0993. The molecule has 31 heavy (non-hydrogen) atoms. The Kier molecular flexibility index (Phi) is 7.46. The molecule has 0 spiro atoms. The number of esters is 1. The van der Waals surface area contributed by atoms with Gasteiger partial charge in [-0.05, 0) is 48.6 Å². The molecule has 0 saturated carbocycles. The Morgan fingerprint density at radius 1 is 0.839 bits per heavy atom. The number of benzene rings is 2. The summed E-state index contributed by atoms with van der Waals surface area (Å²) in [6.45, 7) is 3.61. The molecule has 5 nitrogen and oxygen atoms in total. The molecule has 8 heteroatoms. The van der Waals surface area contributed by atoms with Gasteiger partial charge in [-0.2, -0.15) is 0 Å². The topological polar surface area (TPSA) is 69.2 Å². The quantitative estimate of drug-likeness (QED) is 0.122. The number of fused-ring (bicyclic) bond motifs is 2. The highest BCUT2D eigenvalue weighted by molar-refractivity contribution is 14.1. The minimum Gasteiger partial charge on any atom is -0.463 e. The number of pyridine rings is 2. The van der Waals surface area contributed by atoms with Gasteiger partial charge in [-0.15, -0.1) is 0 Å². The van der Waals surface area contributed by atoms with Gasteiger partial charge in [-0.25, -0.2) is 4.79 Å². The molecule has 0 N–H and O–H groups in total. The number of methoxy groups -OCH3 is 1. The Morgan fingerprint density at radius 3 is 1.87 bits per heavy atom. The summed E-state index contributed by atoms with van der Waals surface area (Å²) in [5.74, 6) is -1.73. The molecule has 0 atom stereocenters. The van der Waals surface area contributed by atoms with Crippen molar-refractivity contribution in [1.29, 1.82) is 0 Å². The fraction of sp³-hybridized carbons (Fsp3) is 0.130. The average molecular weight is 567 g/mol. The van der Waals surface area contributed by atoms with Crippen molar-refractivity contribution in [3.05, 3.63) is 79.1 Å². The van der Waals surface area contributed by atoms with Crippen molar-refractivity contribution in [2.75, 3.05) is 7.11 Å². The second kappa shape index (κ2) is 9.89. The van der Waals surface area contributed by atoms with E-state index in [1.54, 1.807) is 25.1 Å². The summed E-state index contributed by atoms with van der Waals surface area (Å²) in [6.07, 6.45) is 0. The molecular weight excluding hydrogens is 550 g/mol. The Bertz CT molecular complexity index is 1330. The number of aromatic nitrogens is 2. The molecule has 158 valence electrons. The van der Waals surface area contributed by atoms with Crippen LogP contribution in [0.15, 0.2) is 48.5 Å². The van der Waals surface area contributed by atoms with E-state index in [0.29, 0.717) is 16.6 Å². The van der Waals surface area contributed by atoms with Gasteiger partial charge >= 0.3 is 5.97 Å². The van der Waals surface area contributed by atoms with E-state index in [-0.39, 0.29) is 10.6 Å². The molecule has 0 saturated heterocycles. The first-order valence-corrected chi connectivity index (χ1v) is 11.0. The van der Waals surface area contributed by atoms with Crippen molar-refractivity contribution in [3.8, 4) is 0 Å². The number of ketones is 1. The van der Waals surface area contributed by atoms with Gasteiger partial charge in [0, 0.05) is 10.8 Å². The lowest BCUT2D eigenvalue weighted by Gasteiger charge is -2.08. The Labute approximate surface area is 202 Å². The highest BCUT2D eigenvalue weighted by Gasteiger charge is 2.24. The average Bonchev–Trinajstić information content (AvgIpc) is 2.77. The zero-order valence-corrected chi connectivity index (χ0v) is 20.5. The summed E-state index contributed by atoms with van der Waals surface area (Å²) < 4.78 is 5.45. The molecule has 4 rings (SSSR count). The molecule has 0 aliphatic rings. The first-order valence-electron chi connectivity index (χ1n) is 9.14. The predicted molar refractivity (Wildman–Crippen MR) is 132 cm³/mol. The monoisotopic (exact) mass is 566 g/mol. The Balaban J connectivity index is 0.000000185. The summed E-state index contributed by atoms with van der Waals surface area (Å²) in [5, 5.41) is 2.70. The lowest BCUT2D eigenvalue weighted by atomic mass is 10.1. The van der Waals surface area contributed by atoms with Crippen LogP contribution in [0.2, 0.25) is 10.0 Å². The number of nitrogens with zero attached hydrogens (tertiary/aromatic N) is 2. The van der Waals surface area contributed by atoms with Crippen LogP contribution in [0.3, 0.4) is 0 Å². The third kappa shape index (κ3) is 4.81.